The van der Waals surface area contributed by atoms with E-state index < -0.39 is 0 Å². The first kappa shape index (κ1) is 15.5. The molecule has 5 rings (SSSR count). The maximum absolute atomic E-state index is 6.00. The lowest BCUT2D eigenvalue weighted by Crippen LogP contribution is -2.38. The molecule has 0 radical (unpaired) electrons. The summed E-state index contributed by atoms with van der Waals surface area (Å²) in [6, 6.07) is 0.653. The van der Waals surface area contributed by atoms with Crippen molar-refractivity contribution in [1.82, 2.24) is 29.4 Å². The predicted molar refractivity (Wildman–Crippen MR) is 92.1 cm³/mol. The Kier molecular flexibility index (Phi) is 3.86. The van der Waals surface area contributed by atoms with E-state index in [1.165, 1.54) is 37.1 Å². The first-order chi connectivity index (χ1) is 12.3. The number of aryl methyl sites for hydroxylation is 1. The molecule has 0 N–H and O–H groups in total. The van der Waals surface area contributed by atoms with Gasteiger partial charge in [-0.2, -0.15) is 5.10 Å². The van der Waals surface area contributed by atoms with Crippen LogP contribution in [0, 0.1) is 0 Å². The quantitative estimate of drug-likeness (QED) is 0.806. The van der Waals surface area contributed by atoms with Gasteiger partial charge in [0.05, 0.1) is 25.5 Å². The van der Waals surface area contributed by atoms with Gasteiger partial charge in [-0.3, -0.25) is 9.58 Å². The van der Waals surface area contributed by atoms with Crippen molar-refractivity contribution in [3.63, 3.8) is 0 Å². The molecule has 0 bridgehead atoms. The molecule has 7 nitrogen and oxygen atoms in total. The molecule has 1 saturated heterocycles. The molecular formula is C18H26N6O. The molecule has 7 heteroatoms. The Labute approximate surface area is 148 Å². The van der Waals surface area contributed by atoms with Crippen LogP contribution in [0.5, 0.6) is 0 Å². The van der Waals surface area contributed by atoms with E-state index in [1.807, 2.05) is 10.9 Å². The van der Waals surface area contributed by atoms with Gasteiger partial charge in [0.1, 0.15) is 11.6 Å². The van der Waals surface area contributed by atoms with Crippen molar-refractivity contribution in [3.05, 3.63) is 29.6 Å². The van der Waals surface area contributed by atoms with Gasteiger partial charge in [-0.25, -0.2) is 0 Å². The SMILES string of the molecule is CCn1cc([C@H]2CN(Cc3nnc(C4CC4)n3C3CC3)CCO2)cn1. The Morgan fingerprint density at radius 2 is 2.08 bits per heavy atom. The molecule has 3 aliphatic rings. The maximum Gasteiger partial charge on any atom is 0.147 e. The normalized spacial score (nSPS) is 24.8. The van der Waals surface area contributed by atoms with Gasteiger partial charge in [0.25, 0.3) is 0 Å². The molecule has 2 saturated carbocycles. The van der Waals surface area contributed by atoms with Crippen molar-refractivity contribution in [2.45, 2.75) is 63.8 Å². The average Bonchev–Trinajstić information content (AvgIpc) is 3.57. The highest BCUT2D eigenvalue weighted by Gasteiger charge is 2.36. The summed E-state index contributed by atoms with van der Waals surface area (Å²) in [6.45, 7) is 6.48. The first-order valence-electron chi connectivity index (χ1n) is 9.61. The van der Waals surface area contributed by atoms with Gasteiger partial charge in [-0.05, 0) is 32.6 Å². The van der Waals surface area contributed by atoms with Gasteiger partial charge in [0.15, 0.2) is 0 Å². The molecule has 25 heavy (non-hydrogen) atoms. The Morgan fingerprint density at radius 3 is 2.80 bits per heavy atom. The van der Waals surface area contributed by atoms with Crippen molar-refractivity contribution >= 4 is 0 Å². The Balaban J connectivity index is 1.31. The van der Waals surface area contributed by atoms with E-state index in [2.05, 4.69) is 37.9 Å². The minimum absolute atomic E-state index is 0.106. The lowest BCUT2D eigenvalue weighted by atomic mass is 10.1. The van der Waals surface area contributed by atoms with Crippen molar-refractivity contribution in [1.29, 1.82) is 0 Å². The van der Waals surface area contributed by atoms with E-state index in [0.717, 1.165) is 38.6 Å². The third kappa shape index (κ3) is 3.11. The zero-order chi connectivity index (χ0) is 16.8. The molecule has 1 aliphatic heterocycles. The van der Waals surface area contributed by atoms with Crippen LogP contribution in [0.4, 0.5) is 0 Å². The highest BCUT2D eigenvalue weighted by atomic mass is 16.5. The Bertz CT molecular complexity index is 745. The molecule has 0 amide bonds. The summed E-state index contributed by atoms with van der Waals surface area (Å²) < 4.78 is 10.4. The third-order valence-corrected chi connectivity index (χ3v) is 5.51. The molecule has 3 heterocycles. The number of rotatable bonds is 6. The van der Waals surface area contributed by atoms with Crippen LogP contribution in [0.15, 0.2) is 12.4 Å². The van der Waals surface area contributed by atoms with Crippen LogP contribution in [0.1, 0.15) is 67.9 Å². The topological polar surface area (TPSA) is 61.0 Å². The van der Waals surface area contributed by atoms with Gasteiger partial charge >= 0.3 is 0 Å². The van der Waals surface area contributed by atoms with Crippen molar-refractivity contribution in [2.24, 2.45) is 0 Å². The molecule has 2 aromatic rings. The van der Waals surface area contributed by atoms with Crippen molar-refractivity contribution in [2.75, 3.05) is 19.7 Å². The van der Waals surface area contributed by atoms with Crippen molar-refractivity contribution < 1.29 is 4.74 Å². The van der Waals surface area contributed by atoms with Crippen LogP contribution in [0.2, 0.25) is 0 Å². The average molecular weight is 342 g/mol. The van der Waals surface area contributed by atoms with Gasteiger partial charge in [-0.15, -0.1) is 10.2 Å². The Morgan fingerprint density at radius 1 is 1.20 bits per heavy atom. The van der Waals surface area contributed by atoms with E-state index in [9.17, 15) is 0 Å². The van der Waals surface area contributed by atoms with Crippen LogP contribution in [-0.4, -0.2) is 49.1 Å². The fourth-order valence-corrected chi connectivity index (χ4v) is 3.76. The molecule has 0 aromatic carbocycles. The number of aromatic nitrogens is 5. The maximum atomic E-state index is 6.00. The minimum Gasteiger partial charge on any atom is -0.371 e. The predicted octanol–water partition coefficient (Wildman–Crippen LogP) is 2.28. The Hall–Kier alpha value is -1.73. The largest absolute Gasteiger partial charge is 0.371 e. The fraction of sp³-hybridized carbons (Fsp3) is 0.722. The summed E-state index contributed by atoms with van der Waals surface area (Å²) >= 11 is 0. The van der Waals surface area contributed by atoms with Crippen molar-refractivity contribution in [3.8, 4) is 0 Å². The highest BCUT2D eigenvalue weighted by molar-refractivity contribution is 5.13. The second-order valence-electron chi connectivity index (χ2n) is 7.57. The summed E-state index contributed by atoms with van der Waals surface area (Å²) in [5.41, 5.74) is 1.17. The fourth-order valence-electron chi connectivity index (χ4n) is 3.76. The second-order valence-corrected chi connectivity index (χ2v) is 7.57. The zero-order valence-electron chi connectivity index (χ0n) is 14.8. The molecule has 0 unspecified atom stereocenters. The lowest BCUT2D eigenvalue weighted by Gasteiger charge is -2.32. The van der Waals surface area contributed by atoms with Crippen LogP contribution >= 0.6 is 0 Å². The second kappa shape index (κ2) is 6.21. The lowest BCUT2D eigenvalue weighted by molar-refractivity contribution is -0.0340. The van der Waals surface area contributed by atoms with E-state index in [4.69, 9.17) is 4.74 Å². The van der Waals surface area contributed by atoms with Gasteiger partial charge in [0.2, 0.25) is 0 Å². The molecule has 1 atom stereocenters. The number of ether oxygens (including phenoxy) is 1. The molecule has 134 valence electrons. The first-order valence-corrected chi connectivity index (χ1v) is 9.61. The standard InChI is InChI=1S/C18H26N6O/c1-2-23-10-14(9-19-23)16-11-22(7-8-25-16)12-17-20-21-18(13-3-4-13)24(17)15-5-6-15/h9-10,13,15-16H,2-8,11-12H2,1H3/t16-/m1/s1. The number of nitrogens with zero attached hydrogens (tertiary/aromatic N) is 6. The molecular weight excluding hydrogens is 316 g/mol. The summed E-state index contributed by atoms with van der Waals surface area (Å²) in [4.78, 5) is 2.46. The van der Waals surface area contributed by atoms with E-state index in [0.29, 0.717) is 12.0 Å². The van der Waals surface area contributed by atoms with Gasteiger partial charge in [-0.1, -0.05) is 0 Å². The van der Waals surface area contributed by atoms with E-state index in [-0.39, 0.29) is 6.10 Å². The van der Waals surface area contributed by atoms with Crippen LogP contribution in [-0.2, 0) is 17.8 Å². The summed E-state index contributed by atoms with van der Waals surface area (Å²) in [7, 11) is 0. The molecule has 2 aliphatic carbocycles. The summed E-state index contributed by atoms with van der Waals surface area (Å²) in [6.07, 6.45) is 9.29. The number of hydrogen-bond donors (Lipinski definition) is 0. The summed E-state index contributed by atoms with van der Waals surface area (Å²) in [5.74, 6) is 3.06. The summed E-state index contributed by atoms with van der Waals surface area (Å²) in [5, 5.41) is 13.5. The van der Waals surface area contributed by atoms with Crippen LogP contribution in [0.25, 0.3) is 0 Å². The van der Waals surface area contributed by atoms with Gasteiger partial charge in [0, 0.05) is 43.4 Å². The van der Waals surface area contributed by atoms with Gasteiger partial charge < -0.3 is 9.30 Å². The molecule has 2 aromatic heterocycles. The zero-order valence-corrected chi connectivity index (χ0v) is 14.8. The molecule has 3 fully saturated rings. The number of morpholine rings is 1. The smallest absolute Gasteiger partial charge is 0.147 e. The van der Waals surface area contributed by atoms with Crippen LogP contribution in [0.3, 0.4) is 0 Å². The third-order valence-electron chi connectivity index (χ3n) is 5.51. The molecule has 0 spiro atoms. The monoisotopic (exact) mass is 342 g/mol. The number of hydrogen-bond acceptors (Lipinski definition) is 5. The highest BCUT2D eigenvalue weighted by Crippen LogP contribution is 2.44. The minimum atomic E-state index is 0.106. The van der Waals surface area contributed by atoms with E-state index >= 15 is 0 Å². The van der Waals surface area contributed by atoms with Crippen LogP contribution < -0.4 is 0 Å². The van der Waals surface area contributed by atoms with E-state index in [1.54, 1.807) is 0 Å².